The number of nitrogens with zero attached hydrogens (tertiary/aromatic N) is 1. The molecular formula is C7H6BrNO2. The molecule has 0 unspecified atom stereocenters. The lowest BCUT2D eigenvalue weighted by atomic mass is 10.2. The van der Waals surface area contributed by atoms with Crippen molar-refractivity contribution < 1.29 is 9.90 Å². The van der Waals surface area contributed by atoms with Crippen LogP contribution in [-0.2, 0) is 11.2 Å². The van der Waals surface area contributed by atoms with E-state index >= 15 is 0 Å². The zero-order chi connectivity index (χ0) is 8.27. The summed E-state index contributed by atoms with van der Waals surface area (Å²) in [5, 5.41) is 8.44. The number of rotatable bonds is 2. The summed E-state index contributed by atoms with van der Waals surface area (Å²) in [5.74, 6) is -0.848. The molecule has 1 aromatic heterocycles. The molecule has 1 aromatic rings. The largest absolute Gasteiger partial charge is 0.481 e. The quantitative estimate of drug-likeness (QED) is 0.761. The standard InChI is InChI=1S/C7H6BrNO2/c8-7-5(4-6(10)11)2-1-3-9-7/h1-3H,4H2,(H,10,11). The molecule has 58 valence electrons. The SMILES string of the molecule is O=C(O)Cc1cccnc1Br. The molecular weight excluding hydrogens is 210 g/mol. The molecule has 0 bridgehead atoms. The van der Waals surface area contributed by atoms with Crippen LogP contribution in [0.4, 0.5) is 0 Å². The monoisotopic (exact) mass is 215 g/mol. The van der Waals surface area contributed by atoms with E-state index in [1.807, 2.05) is 0 Å². The topological polar surface area (TPSA) is 50.2 Å². The highest BCUT2D eigenvalue weighted by molar-refractivity contribution is 9.10. The van der Waals surface area contributed by atoms with Gasteiger partial charge in [0.15, 0.2) is 0 Å². The van der Waals surface area contributed by atoms with Crippen molar-refractivity contribution >= 4 is 21.9 Å². The first-order valence-electron chi connectivity index (χ1n) is 3.01. The van der Waals surface area contributed by atoms with Gasteiger partial charge in [0.05, 0.1) is 6.42 Å². The Morgan fingerprint density at radius 1 is 1.73 bits per heavy atom. The third-order valence-corrected chi connectivity index (χ3v) is 1.89. The number of hydrogen-bond donors (Lipinski definition) is 1. The van der Waals surface area contributed by atoms with Crippen molar-refractivity contribution in [2.75, 3.05) is 0 Å². The van der Waals surface area contributed by atoms with Crippen molar-refractivity contribution in [3.8, 4) is 0 Å². The molecule has 0 aliphatic rings. The van der Waals surface area contributed by atoms with Crippen LogP contribution < -0.4 is 0 Å². The molecule has 0 aromatic carbocycles. The minimum Gasteiger partial charge on any atom is -0.481 e. The second-order valence-electron chi connectivity index (χ2n) is 2.02. The predicted molar refractivity (Wildman–Crippen MR) is 43.3 cm³/mol. The van der Waals surface area contributed by atoms with Gasteiger partial charge in [-0.2, -0.15) is 0 Å². The van der Waals surface area contributed by atoms with Crippen molar-refractivity contribution in [1.82, 2.24) is 4.98 Å². The maximum atomic E-state index is 10.3. The van der Waals surface area contributed by atoms with Crippen molar-refractivity contribution in [3.05, 3.63) is 28.5 Å². The Labute approximate surface area is 72.2 Å². The fourth-order valence-electron chi connectivity index (χ4n) is 0.714. The Bertz CT molecular complexity index is 275. The third-order valence-electron chi connectivity index (χ3n) is 1.18. The summed E-state index contributed by atoms with van der Waals surface area (Å²) in [6.45, 7) is 0. The first-order valence-corrected chi connectivity index (χ1v) is 3.80. The van der Waals surface area contributed by atoms with E-state index in [2.05, 4.69) is 20.9 Å². The average molecular weight is 216 g/mol. The van der Waals surface area contributed by atoms with Crippen molar-refractivity contribution in [3.63, 3.8) is 0 Å². The number of aromatic nitrogens is 1. The Hall–Kier alpha value is -0.900. The molecule has 0 spiro atoms. The van der Waals surface area contributed by atoms with Crippen molar-refractivity contribution in [1.29, 1.82) is 0 Å². The Morgan fingerprint density at radius 3 is 3.00 bits per heavy atom. The van der Waals surface area contributed by atoms with Gasteiger partial charge >= 0.3 is 5.97 Å². The summed E-state index contributed by atoms with van der Waals surface area (Å²) in [6, 6.07) is 3.44. The van der Waals surface area contributed by atoms with Crippen LogP contribution in [-0.4, -0.2) is 16.1 Å². The lowest BCUT2D eigenvalue weighted by molar-refractivity contribution is -0.136. The second-order valence-corrected chi connectivity index (χ2v) is 2.77. The van der Waals surface area contributed by atoms with E-state index in [0.717, 1.165) is 0 Å². The first-order chi connectivity index (χ1) is 5.20. The molecule has 1 N–H and O–H groups in total. The van der Waals surface area contributed by atoms with Crippen LogP contribution in [0.5, 0.6) is 0 Å². The van der Waals surface area contributed by atoms with Gasteiger partial charge in [-0.05, 0) is 27.6 Å². The molecule has 0 saturated carbocycles. The lowest BCUT2D eigenvalue weighted by Gasteiger charge is -1.97. The van der Waals surface area contributed by atoms with Crippen LogP contribution in [0, 0.1) is 0 Å². The molecule has 0 radical (unpaired) electrons. The maximum absolute atomic E-state index is 10.3. The molecule has 3 nitrogen and oxygen atoms in total. The van der Waals surface area contributed by atoms with Crippen LogP contribution in [0.25, 0.3) is 0 Å². The predicted octanol–water partition coefficient (Wildman–Crippen LogP) is 1.47. The number of carboxylic acid groups (broad SMARTS) is 1. The van der Waals surface area contributed by atoms with Gasteiger partial charge < -0.3 is 5.11 Å². The van der Waals surface area contributed by atoms with Crippen molar-refractivity contribution in [2.45, 2.75) is 6.42 Å². The first kappa shape index (κ1) is 8.20. The zero-order valence-electron chi connectivity index (χ0n) is 5.62. The highest BCUT2D eigenvalue weighted by atomic mass is 79.9. The van der Waals surface area contributed by atoms with E-state index in [9.17, 15) is 4.79 Å². The average Bonchev–Trinajstić information content (AvgIpc) is 1.93. The molecule has 11 heavy (non-hydrogen) atoms. The van der Waals surface area contributed by atoms with Gasteiger partial charge in [0.1, 0.15) is 4.60 Å². The summed E-state index contributed by atoms with van der Waals surface area (Å²) in [4.78, 5) is 14.2. The Morgan fingerprint density at radius 2 is 2.45 bits per heavy atom. The smallest absolute Gasteiger partial charge is 0.307 e. The third kappa shape index (κ3) is 2.31. The zero-order valence-corrected chi connectivity index (χ0v) is 7.21. The number of aliphatic carboxylic acids is 1. The number of hydrogen-bond acceptors (Lipinski definition) is 2. The number of halogens is 1. The highest BCUT2D eigenvalue weighted by Gasteiger charge is 2.03. The van der Waals surface area contributed by atoms with Gasteiger partial charge in [0.2, 0.25) is 0 Å². The lowest BCUT2D eigenvalue weighted by Crippen LogP contribution is -2.01. The van der Waals surface area contributed by atoms with Gasteiger partial charge in [-0.15, -0.1) is 0 Å². The Kier molecular flexibility index (Phi) is 2.59. The van der Waals surface area contributed by atoms with Gasteiger partial charge in [0, 0.05) is 6.20 Å². The van der Waals surface area contributed by atoms with Gasteiger partial charge in [-0.1, -0.05) is 6.07 Å². The van der Waals surface area contributed by atoms with Crippen LogP contribution in [0.3, 0.4) is 0 Å². The summed E-state index contributed by atoms with van der Waals surface area (Å²) in [6.07, 6.45) is 1.61. The van der Waals surface area contributed by atoms with Crippen LogP contribution >= 0.6 is 15.9 Å². The van der Waals surface area contributed by atoms with Crippen molar-refractivity contribution in [2.24, 2.45) is 0 Å². The molecule has 4 heteroatoms. The number of carboxylic acids is 1. The molecule has 0 atom stereocenters. The highest BCUT2D eigenvalue weighted by Crippen LogP contribution is 2.12. The molecule has 0 aliphatic carbocycles. The van der Waals surface area contributed by atoms with Gasteiger partial charge in [-0.25, -0.2) is 4.98 Å². The summed E-state index contributed by atoms with van der Waals surface area (Å²) >= 11 is 3.15. The van der Waals surface area contributed by atoms with E-state index in [0.29, 0.717) is 10.2 Å². The maximum Gasteiger partial charge on any atom is 0.307 e. The van der Waals surface area contributed by atoms with E-state index in [1.165, 1.54) is 0 Å². The minimum absolute atomic E-state index is 0.00836. The van der Waals surface area contributed by atoms with E-state index in [4.69, 9.17) is 5.11 Å². The fraction of sp³-hybridized carbons (Fsp3) is 0.143. The molecule has 0 aliphatic heterocycles. The minimum atomic E-state index is -0.848. The fourth-order valence-corrected chi connectivity index (χ4v) is 1.10. The van der Waals surface area contributed by atoms with Crippen LogP contribution in [0.2, 0.25) is 0 Å². The van der Waals surface area contributed by atoms with E-state index in [1.54, 1.807) is 18.3 Å². The second kappa shape index (κ2) is 3.48. The molecule has 1 heterocycles. The Balaban J connectivity index is 2.86. The van der Waals surface area contributed by atoms with Gasteiger partial charge in [-0.3, -0.25) is 4.79 Å². The van der Waals surface area contributed by atoms with E-state index < -0.39 is 5.97 Å². The van der Waals surface area contributed by atoms with Crippen LogP contribution in [0.1, 0.15) is 5.56 Å². The molecule has 0 saturated heterocycles. The number of carbonyl (C=O) groups is 1. The number of pyridine rings is 1. The molecule has 0 fully saturated rings. The molecule has 0 amide bonds. The van der Waals surface area contributed by atoms with Crippen LogP contribution in [0.15, 0.2) is 22.9 Å². The summed E-state index contributed by atoms with van der Waals surface area (Å²) in [7, 11) is 0. The summed E-state index contributed by atoms with van der Waals surface area (Å²) < 4.78 is 0.599. The van der Waals surface area contributed by atoms with Gasteiger partial charge in [0.25, 0.3) is 0 Å². The summed E-state index contributed by atoms with van der Waals surface area (Å²) in [5.41, 5.74) is 0.694. The molecule has 1 rings (SSSR count). The normalized spacial score (nSPS) is 9.55. The van der Waals surface area contributed by atoms with E-state index in [-0.39, 0.29) is 6.42 Å².